The van der Waals surface area contributed by atoms with Gasteiger partial charge in [0.1, 0.15) is 0 Å². The Morgan fingerprint density at radius 1 is 0.304 bits per heavy atom. The van der Waals surface area contributed by atoms with Crippen LogP contribution in [0.2, 0.25) is 0 Å². The summed E-state index contributed by atoms with van der Waals surface area (Å²) >= 11 is 0. The average Bonchev–Trinajstić information content (AvgIpc) is 3.22. The second-order valence-corrected chi connectivity index (χ2v) is 17.1. The van der Waals surface area contributed by atoms with E-state index in [4.69, 9.17) is 11.5 Å². The Balaban J connectivity index is 0.982. The van der Waals surface area contributed by atoms with Gasteiger partial charge in [0.05, 0.1) is 0 Å². The number of anilines is 2. The number of nitrogens with two attached hydrogens (primary N) is 2. The summed E-state index contributed by atoms with van der Waals surface area (Å²) < 4.78 is 0. The highest BCUT2D eigenvalue weighted by Gasteiger charge is 2.15. The fourth-order valence-electron chi connectivity index (χ4n) is 8.67. The molecule has 0 radical (unpaired) electrons. The van der Waals surface area contributed by atoms with E-state index in [1.807, 2.05) is 0 Å². The Hall–Kier alpha value is -3.52. The van der Waals surface area contributed by atoms with Crippen molar-refractivity contribution in [2.45, 2.75) is 193 Å². The Labute approximate surface area is 344 Å². The number of unbranched alkanes of at least 4 members (excludes halogenated alkanes) is 19. The number of rotatable bonds is 31. The van der Waals surface area contributed by atoms with Gasteiger partial charge >= 0.3 is 0 Å². The molecule has 0 aliphatic heterocycles. The third kappa shape index (κ3) is 17.7. The molecule has 4 N–H and O–H groups in total. The molecule has 0 saturated heterocycles. The smallest absolute Gasteiger partial charge is 0.0314 e. The molecular weight excluding hydrogens is 677 g/mol. The summed E-state index contributed by atoms with van der Waals surface area (Å²) in [5.41, 5.74) is 22.4. The Bertz CT molecular complexity index is 1400. The van der Waals surface area contributed by atoms with Crippen LogP contribution in [0.4, 0.5) is 11.4 Å². The highest BCUT2D eigenvalue weighted by atomic mass is 14.5. The molecule has 0 heterocycles. The summed E-state index contributed by atoms with van der Waals surface area (Å²) in [4.78, 5) is 0. The molecule has 0 fully saturated rings. The molecular formula is C54H80N2. The van der Waals surface area contributed by atoms with Gasteiger partial charge in [-0.3, -0.25) is 0 Å². The van der Waals surface area contributed by atoms with Crippen LogP contribution in [0.1, 0.15) is 213 Å². The van der Waals surface area contributed by atoms with Crippen LogP contribution in [0.3, 0.4) is 0 Å². The van der Waals surface area contributed by atoms with Gasteiger partial charge in [-0.1, -0.05) is 215 Å². The lowest BCUT2D eigenvalue weighted by Crippen LogP contribution is -2.02. The van der Waals surface area contributed by atoms with E-state index in [1.165, 1.54) is 200 Å². The zero-order valence-electron chi connectivity index (χ0n) is 35.9. The van der Waals surface area contributed by atoms with Crippen LogP contribution in [0.15, 0.2) is 97.1 Å². The molecule has 0 spiro atoms. The van der Waals surface area contributed by atoms with E-state index in [0.29, 0.717) is 11.8 Å². The second-order valence-electron chi connectivity index (χ2n) is 17.1. The van der Waals surface area contributed by atoms with E-state index in [-0.39, 0.29) is 0 Å². The van der Waals surface area contributed by atoms with Crippen molar-refractivity contribution < 1.29 is 0 Å². The van der Waals surface area contributed by atoms with Gasteiger partial charge < -0.3 is 11.5 Å². The van der Waals surface area contributed by atoms with Crippen molar-refractivity contribution in [3.05, 3.63) is 130 Å². The second kappa shape index (κ2) is 28.0. The lowest BCUT2D eigenvalue weighted by molar-refractivity contribution is 0.533. The largest absolute Gasteiger partial charge is 0.399 e. The highest BCUT2D eigenvalue weighted by Crippen LogP contribution is 2.33. The SMILES string of the molecule is CCCCCCC(c1ccc(N)cc1)c1ccc(CCCCCCCCCCCCCCCCc2ccc(C(CCCCCC)c3ccc(N)cc3)cc2)cc1. The molecule has 4 rings (SSSR count). The maximum atomic E-state index is 5.99. The van der Waals surface area contributed by atoms with Gasteiger partial charge in [0.25, 0.3) is 0 Å². The molecule has 0 saturated carbocycles. The molecule has 2 heteroatoms. The summed E-state index contributed by atoms with van der Waals surface area (Å²) in [5, 5.41) is 0. The van der Waals surface area contributed by atoms with E-state index in [0.717, 1.165) is 11.4 Å². The van der Waals surface area contributed by atoms with Crippen molar-refractivity contribution in [2.75, 3.05) is 11.5 Å². The molecule has 2 nitrogen and oxygen atoms in total. The first kappa shape index (κ1) is 45.2. The van der Waals surface area contributed by atoms with Crippen molar-refractivity contribution in [3.63, 3.8) is 0 Å². The standard InChI is InChI=1S/C54H80N2/c1-3-5-7-23-27-53(49-37-41-51(55)42-38-49)47-33-29-45(30-34-47)25-21-19-17-15-13-11-9-10-12-14-16-18-20-22-26-46-31-35-48(36-32-46)54(28-24-8-6-4-2)50-39-43-52(56)44-40-50/h29-44,53-54H,3-28,55-56H2,1-2H3. The third-order valence-electron chi connectivity index (χ3n) is 12.3. The predicted molar refractivity (Wildman–Crippen MR) is 248 cm³/mol. The van der Waals surface area contributed by atoms with Gasteiger partial charge in [0.15, 0.2) is 0 Å². The summed E-state index contributed by atoms with van der Waals surface area (Å²) in [5.74, 6) is 0.941. The molecule has 4 aromatic carbocycles. The molecule has 4 aromatic rings. The number of benzene rings is 4. The Morgan fingerprint density at radius 2 is 0.554 bits per heavy atom. The monoisotopic (exact) mass is 757 g/mol. The van der Waals surface area contributed by atoms with Gasteiger partial charge in [-0.15, -0.1) is 0 Å². The Kier molecular flexibility index (Phi) is 22.6. The molecule has 0 amide bonds. The first-order chi connectivity index (χ1) is 27.6. The van der Waals surface area contributed by atoms with Gasteiger partial charge in [-0.2, -0.15) is 0 Å². The van der Waals surface area contributed by atoms with Crippen LogP contribution < -0.4 is 11.5 Å². The number of nitrogen functional groups attached to an aromatic ring is 2. The van der Waals surface area contributed by atoms with Crippen LogP contribution in [-0.4, -0.2) is 0 Å². The quantitative estimate of drug-likeness (QED) is 0.0397. The first-order valence-corrected chi connectivity index (χ1v) is 23.5. The predicted octanol–water partition coefficient (Wildman–Crippen LogP) is 16.3. The van der Waals surface area contributed by atoms with Crippen molar-refractivity contribution in [1.29, 1.82) is 0 Å². The molecule has 2 unspecified atom stereocenters. The van der Waals surface area contributed by atoms with Gasteiger partial charge in [0, 0.05) is 23.2 Å². The van der Waals surface area contributed by atoms with Gasteiger partial charge in [-0.05, 0) is 96.2 Å². The first-order valence-electron chi connectivity index (χ1n) is 23.5. The van der Waals surface area contributed by atoms with Crippen molar-refractivity contribution in [3.8, 4) is 0 Å². The maximum Gasteiger partial charge on any atom is 0.0314 e. The van der Waals surface area contributed by atoms with Crippen molar-refractivity contribution >= 4 is 11.4 Å². The Morgan fingerprint density at radius 3 is 0.839 bits per heavy atom. The lowest BCUT2D eigenvalue weighted by Gasteiger charge is -2.19. The molecule has 306 valence electrons. The number of aryl methyl sites for hydroxylation is 2. The van der Waals surface area contributed by atoms with Gasteiger partial charge in [0.2, 0.25) is 0 Å². The highest BCUT2D eigenvalue weighted by molar-refractivity contribution is 5.44. The van der Waals surface area contributed by atoms with E-state index < -0.39 is 0 Å². The van der Waals surface area contributed by atoms with E-state index in [2.05, 4.69) is 111 Å². The van der Waals surface area contributed by atoms with Gasteiger partial charge in [-0.25, -0.2) is 0 Å². The summed E-state index contributed by atoms with van der Waals surface area (Å²) in [6.07, 6.45) is 34.8. The minimum atomic E-state index is 0.470. The molecule has 56 heavy (non-hydrogen) atoms. The van der Waals surface area contributed by atoms with E-state index >= 15 is 0 Å². The zero-order chi connectivity index (χ0) is 39.5. The minimum absolute atomic E-state index is 0.470. The van der Waals surface area contributed by atoms with E-state index in [1.54, 1.807) is 0 Å². The summed E-state index contributed by atoms with van der Waals surface area (Å²) in [6, 6.07) is 36.3. The number of hydrogen-bond acceptors (Lipinski definition) is 2. The topological polar surface area (TPSA) is 52.0 Å². The molecule has 2 atom stereocenters. The zero-order valence-corrected chi connectivity index (χ0v) is 35.9. The van der Waals surface area contributed by atoms with Crippen molar-refractivity contribution in [2.24, 2.45) is 0 Å². The van der Waals surface area contributed by atoms with Crippen molar-refractivity contribution in [1.82, 2.24) is 0 Å². The normalized spacial score (nSPS) is 12.5. The molecule has 0 aliphatic carbocycles. The average molecular weight is 757 g/mol. The molecule has 0 aliphatic rings. The molecule has 0 aromatic heterocycles. The van der Waals surface area contributed by atoms with Crippen LogP contribution in [-0.2, 0) is 12.8 Å². The van der Waals surface area contributed by atoms with Crippen LogP contribution >= 0.6 is 0 Å². The van der Waals surface area contributed by atoms with E-state index in [9.17, 15) is 0 Å². The fourth-order valence-corrected chi connectivity index (χ4v) is 8.67. The molecule has 0 bridgehead atoms. The summed E-state index contributed by atoms with van der Waals surface area (Å²) in [7, 11) is 0. The minimum Gasteiger partial charge on any atom is -0.399 e. The fraction of sp³-hybridized carbons (Fsp3) is 0.556. The summed E-state index contributed by atoms with van der Waals surface area (Å²) in [6.45, 7) is 4.58. The third-order valence-corrected chi connectivity index (χ3v) is 12.3. The van der Waals surface area contributed by atoms with Crippen LogP contribution in [0.25, 0.3) is 0 Å². The van der Waals surface area contributed by atoms with Crippen LogP contribution in [0, 0.1) is 0 Å². The van der Waals surface area contributed by atoms with Crippen LogP contribution in [0.5, 0.6) is 0 Å². The maximum absolute atomic E-state index is 5.99. The lowest BCUT2D eigenvalue weighted by atomic mass is 9.86. The number of hydrogen-bond donors (Lipinski definition) is 2.